The van der Waals surface area contributed by atoms with Gasteiger partial charge in [-0.3, -0.25) is 4.79 Å². The number of carboxylic acids is 1. The third kappa shape index (κ3) is 3.29. The van der Waals surface area contributed by atoms with E-state index < -0.39 is 5.97 Å². The summed E-state index contributed by atoms with van der Waals surface area (Å²) in [7, 11) is 0. The molecule has 1 N–H and O–H groups in total. The van der Waals surface area contributed by atoms with Gasteiger partial charge in [0, 0.05) is 0 Å². The lowest BCUT2D eigenvalue weighted by Gasteiger charge is -2.15. The van der Waals surface area contributed by atoms with Crippen molar-refractivity contribution < 1.29 is 14.3 Å². The predicted molar refractivity (Wildman–Crippen MR) is 65.9 cm³/mol. The summed E-state index contributed by atoms with van der Waals surface area (Å²) in [5.74, 6) is -0.965. The van der Waals surface area contributed by atoms with Crippen molar-refractivity contribution in [3.8, 4) is 0 Å². The zero-order valence-electron chi connectivity index (χ0n) is 10.7. The van der Waals surface area contributed by atoms with Crippen LogP contribution in [0.4, 0.5) is 4.39 Å². The second-order valence-electron chi connectivity index (χ2n) is 4.97. The number of carboxylic acid groups (broad SMARTS) is 1. The minimum absolute atomic E-state index is 0.0558. The number of hydrogen-bond donors (Lipinski definition) is 1. The van der Waals surface area contributed by atoms with E-state index in [-0.39, 0.29) is 24.1 Å². The highest BCUT2D eigenvalue weighted by atomic mass is 19.1. The molecule has 3 heteroatoms. The quantitative estimate of drug-likeness (QED) is 0.868. The second-order valence-corrected chi connectivity index (χ2v) is 4.97. The van der Waals surface area contributed by atoms with E-state index in [0.29, 0.717) is 16.7 Å². The van der Waals surface area contributed by atoms with Crippen LogP contribution in [0.3, 0.4) is 0 Å². The van der Waals surface area contributed by atoms with Gasteiger partial charge in [-0.15, -0.1) is 0 Å². The number of carbonyl (C=O) groups is 1. The van der Waals surface area contributed by atoms with E-state index >= 15 is 0 Å². The summed E-state index contributed by atoms with van der Waals surface area (Å²) in [4.78, 5) is 10.7. The summed E-state index contributed by atoms with van der Waals surface area (Å²) in [6.07, 6.45) is -0.0558. The van der Waals surface area contributed by atoms with Crippen LogP contribution in [0.2, 0.25) is 0 Å². The highest BCUT2D eigenvalue weighted by Crippen LogP contribution is 2.28. The highest BCUT2D eigenvalue weighted by Gasteiger charge is 2.16. The fourth-order valence-electron chi connectivity index (χ4n) is 1.85. The first-order chi connectivity index (χ1) is 7.82. The number of rotatable bonds is 4. The van der Waals surface area contributed by atoms with E-state index in [1.807, 2.05) is 27.7 Å². The van der Waals surface area contributed by atoms with Crippen LogP contribution in [0.15, 0.2) is 12.1 Å². The maximum absolute atomic E-state index is 14.1. The molecule has 0 radical (unpaired) electrons. The van der Waals surface area contributed by atoms with Gasteiger partial charge < -0.3 is 5.11 Å². The lowest BCUT2D eigenvalue weighted by atomic mass is 9.91. The zero-order valence-corrected chi connectivity index (χ0v) is 10.7. The fraction of sp³-hybridized carbons (Fsp3) is 0.500. The normalized spacial score (nSPS) is 11.2. The average Bonchev–Trinajstić information content (AvgIpc) is 2.18. The van der Waals surface area contributed by atoms with Gasteiger partial charge in [0.1, 0.15) is 5.82 Å². The molecule has 0 heterocycles. The molecule has 1 aromatic carbocycles. The summed E-state index contributed by atoms with van der Waals surface area (Å²) in [6.45, 7) is 7.64. The van der Waals surface area contributed by atoms with Crippen molar-refractivity contribution in [1.82, 2.24) is 0 Å². The van der Waals surface area contributed by atoms with E-state index in [9.17, 15) is 9.18 Å². The Morgan fingerprint density at radius 1 is 1.18 bits per heavy atom. The molecule has 0 bridgehead atoms. The van der Waals surface area contributed by atoms with Gasteiger partial charge in [-0.2, -0.15) is 0 Å². The molecular formula is C14H19FO2. The fourth-order valence-corrected chi connectivity index (χ4v) is 1.85. The summed E-state index contributed by atoms with van der Waals surface area (Å²) in [5.41, 5.74) is 1.88. The predicted octanol–water partition coefficient (Wildman–Crippen LogP) is 3.70. The van der Waals surface area contributed by atoms with E-state index in [2.05, 4.69) is 0 Å². The number of halogens is 1. The van der Waals surface area contributed by atoms with Crippen molar-refractivity contribution in [2.45, 2.75) is 46.0 Å². The van der Waals surface area contributed by atoms with Crippen LogP contribution in [0.5, 0.6) is 0 Å². The molecule has 0 aliphatic carbocycles. The smallest absolute Gasteiger partial charge is 0.307 e. The van der Waals surface area contributed by atoms with Gasteiger partial charge in [0.15, 0.2) is 0 Å². The van der Waals surface area contributed by atoms with Gasteiger partial charge in [0.05, 0.1) is 6.42 Å². The van der Waals surface area contributed by atoms with Crippen molar-refractivity contribution in [1.29, 1.82) is 0 Å². The van der Waals surface area contributed by atoms with Crippen LogP contribution in [0.1, 0.15) is 56.2 Å². The molecule has 0 aliphatic rings. The topological polar surface area (TPSA) is 37.3 Å². The molecule has 0 saturated carbocycles. The highest BCUT2D eigenvalue weighted by molar-refractivity contribution is 5.70. The molecule has 0 fully saturated rings. The molecule has 1 rings (SSSR count). The van der Waals surface area contributed by atoms with Gasteiger partial charge in [0.2, 0.25) is 0 Å². The third-order valence-corrected chi connectivity index (χ3v) is 2.79. The third-order valence-electron chi connectivity index (χ3n) is 2.79. The summed E-state index contributed by atoms with van der Waals surface area (Å²) in [5, 5.41) is 8.80. The van der Waals surface area contributed by atoms with E-state index in [4.69, 9.17) is 5.11 Å². The van der Waals surface area contributed by atoms with E-state index in [1.54, 1.807) is 12.1 Å². The lowest BCUT2D eigenvalue weighted by Crippen LogP contribution is -2.06. The maximum atomic E-state index is 14.1. The molecule has 94 valence electrons. The van der Waals surface area contributed by atoms with Gasteiger partial charge in [0.25, 0.3) is 0 Å². The Bertz CT molecular complexity index is 393. The summed E-state index contributed by atoms with van der Waals surface area (Å²) >= 11 is 0. The van der Waals surface area contributed by atoms with Crippen LogP contribution >= 0.6 is 0 Å². The van der Waals surface area contributed by atoms with Crippen molar-refractivity contribution in [2.75, 3.05) is 0 Å². The van der Waals surface area contributed by atoms with E-state index in [1.165, 1.54) is 0 Å². The Balaban J connectivity index is 3.31. The Labute approximate surface area is 101 Å². The summed E-state index contributed by atoms with van der Waals surface area (Å²) in [6, 6.07) is 3.33. The molecule has 0 atom stereocenters. The monoisotopic (exact) mass is 238 g/mol. The van der Waals surface area contributed by atoms with Crippen molar-refractivity contribution in [2.24, 2.45) is 0 Å². The number of aliphatic carboxylic acids is 1. The Morgan fingerprint density at radius 2 is 1.59 bits per heavy atom. The molecule has 0 amide bonds. The second kappa shape index (κ2) is 5.30. The van der Waals surface area contributed by atoms with Crippen LogP contribution in [-0.2, 0) is 11.2 Å². The Morgan fingerprint density at radius 3 is 1.88 bits per heavy atom. The Kier molecular flexibility index (Phi) is 4.27. The number of hydrogen-bond acceptors (Lipinski definition) is 1. The molecule has 0 spiro atoms. The molecule has 0 unspecified atom stereocenters. The summed E-state index contributed by atoms with van der Waals surface area (Å²) < 4.78 is 14.1. The van der Waals surface area contributed by atoms with Crippen LogP contribution in [0, 0.1) is 5.82 Å². The van der Waals surface area contributed by atoms with Crippen LogP contribution in [-0.4, -0.2) is 11.1 Å². The minimum atomic E-state index is -0.888. The first kappa shape index (κ1) is 13.7. The van der Waals surface area contributed by atoms with Crippen molar-refractivity contribution in [3.63, 3.8) is 0 Å². The average molecular weight is 238 g/mol. The van der Waals surface area contributed by atoms with Gasteiger partial charge in [-0.05, 0) is 28.5 Å². The standard InChI is InChI=1S/C14H19FO2/c1-8(2)11-5-10(7-13(16)17)6-12(9(3)4)14(11)15/h5-6,8-9H,7H2,1-4H3,(H,16,17). The first-order valence-corrected chi connectivity index (χ1v) is 5.87. The molecule has 0 aliphatic heterocycles. The van der Waals surface area contributed by atoms with E-state index in [0.717, 1.165) is 0 Å². The van der Waals surface area contributed by atoms with Crippen molar-refractivity contribution in [3.05, 3.63) is 34.6 Å². The van der Waals surface area contributed by atoms with Crippen LogP contribution < -0.4 is 0 Å². The SMILES string of the molecule is CC(C)c1cc(CC(=O)O)cc(C(C)C)c1F. The molecule has 2 nitrogen and oxygen atoms in total. The zero-order chi connectivity index (χ0) is 13.2. The molecule has 0 saturated heterocycles. The van der Waals surface area contributed by atoms with Gasteiger partial charge in [-0.1, -0.05) is 39.8 Å². The lowest BCUT2D eigenvalue weighted by molar-refractivity contribution is -0.136. The molecular weight excluding hydrogens is 219 g/mol. The minimum Gasteiger partial charge on any atom is -0.481 e. The van der Waals surface area contributed by atoms with Crippen molar-refractivity contribution >= 4 is 5.97 Å². The number of benzene rings is 1. The van der Waals surface area contributed by atoms with Crippen LogP contribution in [0.25, 0.3) is 0 Å². The van der Waals surface area contributed by atoms with Gasteiger partial charge in [-0.25, -0.2) is 4.39 Å². The molecule has 0 aromatic heterocycles. The maximum Gasteiger partial charge on any atom is 0.307 e. The van der Waals surface area contributed by atoms with Gasteiger partial charge >= 0.3 is 5.97 Å². The Hall–Kier alpha value is -1.38. The largest absolute Gasteiger partial charge is 0.481 e. The first-order valence-electron chi connectivity index (χ1n) is 5.87. The molecule has 17 heavy (non-hydrogen) atoms. The molecule has 1 aromatic rings.